The van der Waals surface area contributed by atoms with Crippen molar-refractivity contribution in [2.75, 3.05) is 25.1 Å². The molecule has 0 saturated carbocycles. The van der Waals surface area contributed by atoms with Crippen LogP contribution in [0.25, 0.3) is 0 Å². The highest BCUT2D eigenvalue weighted by Gasteiger charge is 2.39. The average Bonchev–Trinajstić information content (AvgIpc) is 3.39. The molecular weight excluding hydrogens is 554 g/mol. The number of carboxylic acid groups (broad SMARTS) is 1. The highest BCUT2D eigenvalue weighted by atomic mass is 32.2. The first-order valence-corrected chi connectivity index (χ1v) is 15.4. The monoisotopic (exact) mass is 601 g/mol. The molecule has 0 radical (unpaired) electrons. The molecule has 0 aromatic rings. The molecule has 1 aliphatic rings. The molecule has 0 aromatic heterocycles. The van der Waals surface area contributed by atoms with E-state index in [-0.39, 0.29) is 12.3 Å². The number of likely N-dealkylation sites (tertiary alicyclic amines) is 1. The SMILES string of the molecule is CSCC[C@H](NC(=O)[C@@H]1CCCN1C(=O)[C@H](CCCCN)NC(=O)[C@@H](N)CC(C)C)C(=O)N[C@@H](CC(N)=O)C(=O)O. The van der Waals surface area contributed by atoms with E-state index in [1.54, 1.807) is 0 Å². The summed E-state index contributed by atoms with van der Waals surface area (Å²) in [7, 11) is 0. The fourth-order valence-corrected chi connectivity index (χ4v) is 5.06. The lowest BCUT2D eigenvalue weighted by molar-refractivity contribution is -0.144. The molecule has 41 heavy (non-hydrogen) atoms. The number of carbonyl (C=O) groups is 6. The summed E-state index contributed by atoms with van der Waals surface area (Å²) in [5.41, 5.74) is 16.7. The summed E-state index contributed by atoms with van der Waals surface area (Å²) < 4.78 is 0. The molecule has 0 bridgehead atoms. The van der Waals surface area contributed by atoms with Gasteiger partial charge in [-0.1, -0.05) is 13.8 Å². The van der Waals surface area contributed by atoms with Crippen molar-refractivity contribution in [2.45, 2.75) is 95.4 Å². The van der Waals surface area contributed by atoms with Crippen molar-refractivity contribution in [1.29, 1.82) is 0 Å². The van der Waals surface area contributed by atoms with Gasteiger partial charge < -0.3 is 43.2 Å². The van der Waals surface area contributed by atoms with Gasteiger partial charge in [-0.3, -0.25) is 24.0 Å². The van der Waals surface area contributed by atoms with Gasteiger partial charge in [-0.15, -0.1) is 0 Å². The molecule has 1 saturated heterocycles. The van der Waals surface area contributed by atoms with Gasteiger partial charge in [0.2, 0.25) is 29.5 Å². The van der Waals surface area contributed by atoms with Gasteiger partial charge in [-0.25, -0.2) is 4.79 Å². The Hall–Kier alpha value is -2.91. The highest BCUT2D eigenvalue weighted by Crippen LogP contribution is 2.21. The molecule has 5 amide bonds. The highest BCUT2D eigenvalue weighted by molar-refractivity contribution is 7.98. The molecule has 234 valence electrons. The number of nitrogens with one attached hydrogen (secondary N) is 3. The summed E-state index contributed by atoms with van der Waals surface area (Å²) in [4.78, 5) is 76.8. The zero-order chi connectivity index (χ0) is 31.1. The fourth-order valence-electron chi connectivity index (χ4n) is 4.59. The van der Waals surface area contributed by atoms with E-state index in [1.165, 1.54) is 16.7 Å². The van der Waals surface area contributed by atoms with Crippen molar-refractivity contribution >= 4 is 47.3 Å². The molecule has 1 rings (SSSR count). The van der Waals surface area contributed by atoms with E-state index in [4.69, 9.17) is 17.2 Å². The van der Waals surface area contributed by atoms with Crippen LogP contribution >= 0.6 is 11.8 Å². The lowest BCUT2D eigenvalue weighted by Crippen LogP contribution is -2.58. The van der Waals surface area contributed by atoms with Gasteiger partial charge >= 0.3 is 5.97 Å². The second-order valence-electron chi connectivity index (χ2n) is 10.7. The van der Waals surface area contributed by atoms with Crippen molar-refractivity contribution < 1.29 is 33.9 Å². The summed E-state index contributed by atoms with van der Waals surface area (Å²) in [5.74, 6) is -3.87. The van der Waals surface area contributed by atoms with Gasteiger partial charge in [0.1, 0.15) is 24.2 Å². The summed E-state index contributed by atoms with van der Waals surface area (Å²) in [5, 5.41) is 17.0. The van der Waals surface area contributed by atoms with Gasteiger partial charge in [0.15, 0.2) is 0 Å². The number of hydrogen-bond donors (Lipinski definition) is 7. The zero-order valence-corrected chi connectivity index (χ0v) is 25.0. The van der Waals surface area contributed by atoms with Crippen molar-refractivity contribution in [3.63, 3.8) is 0 Å². The molecule has 15 heteroatoms. The van der Waals surface area contributed by atoms with Crippen LogP contribution in [0.1, 0.15) is 65.2 Å². The molecule has 0 unspecified atom stereocenters. The summed E-state index contributed by atoms with van der Waals surface area (Å²) in [6.45, 7) is 4.60. The second-order valence-corrected chi connectivity index (χ2v) is 11.7. The van der Waals surface area contributed by atoms with Crippen molar-refractivity contribution in [3.05, 3.63) is 0 Å². The van der Waals surface area contributed by atoms with Crippen LogP contribution in [-0.2, 0) is 28.8 Å². The maximum Gasteiger partial charge on any atom is 0.326 e. The third kappa shape index (κ3) is 12.6. The largest absolute Gasteiger partial charge is 0.480 e. The van der Waals surface area contributed by atoms with Crippen molar-refractivity contribution in [2.24, 2.45) is 23.1 Å². The Kier molecular flexibility index (Phi) is 16.3. The molecule has 14 nitrogen and oxygen atoms in total. The quantitative estimate of drug-likeness (QED) is 0.0858. The van der Waals surface area contributed by atoms with Crippen molar-refractivity contribution in [1.82, 2.24) is 20.9 Å². The molecule has 5 atom stereocenters. The van der Waals surface area contributed by atoms with Gasteiger partial charge in [0.25, 0.3) is 0 Å². The van der Waals surface area contributed by atoms with Crippen LogP contribution in [0, 0.1) is 5.92 Å². The van der Waals surface area contributed by atoms with Gasteiger partial charge in [-0.05, 0) is 69.4 Å². The van der Waals surface area contributed by atoms with Crippen LogP contribution in [0.2, 0.25) is 0 Å². The first-order valence-electron chi connectivity index (χ1n) is 14.0. The Morgan fingerprint density at radius 2 is 1.63 bits per heavy atom. The molecular formula is C26H47N7O7S. The van der Waals surface area contributed by atoms with E-state index in [1.807, 2.05) is 20.1 Å². The van der Waals surface area contributed by atoms with Crippen LogP contribution < -0.4 is 33.2 Å². The van der Waals surface area contributed by atoms with E-state index in [0.717, 1.165) is 0 Å². The molecule has 0 aromatic carbocycles. The predicted molar refractivity (Wildman–Crippen MR) is 155 cm³/mol. The predicted octanol–water partition coefficient (Wildman–Crippen LogP) is -1.35. The third-order valence-corrected chi connectivity index (χ3v) is 7.37. The summed E-state index contributed by atoms with van der Waals surface area (Å²) in [6, 6.07) is -5.19. The fraction of sp³-hybridized carbons (Fsp3) is 0.769. The number of unbranched alkanes of at least 4 members (excludes halogenated alkanes) is 1. The van der Waals surface area contributed by atoms with E-state index in [0.29, 0.717) is 57.4 Å². The van der Waals surface area contributed by atoms with Crippen LogP contribution in [0.5, 0.6) is 0 Å². The molecule has 0 spiro atoms. The lowest BCUT2D eigenvalue weighted by Gasteiger charge is -2.30. The van der Waals surface area contributed by atoms with Crippen LogP contribution in [-0.4, -0.2) is 101 Å². The minimum absolute atomic E-state index is 0.187. The lowest BCUT2D eigenvalue weighted by atomic mass is 10.0. The first-order chi connectivity index (χ1) is 19.3. The van der Waals surface area contributed by atoms with Gasteiger partial charge in [-0.2, -0.15) is 11.8 Å². The number of nitrogens with zero attached hydrogens (tertiary/aromatic N) is 1. The minimum atomic E-state index is -1.54. The van der Waals surface area contributed by atoms with Crippen molar-refractivity contribution in [3.8, 4) is 0 Å². The molecule has 1 aliphatic heterocycles. The number of amides is 5. The summed E-state index contributed by atoms with van der Waals surface area (Å²) in [6.07, 6.45) is 4.31. The standard InChI is InChI=1S/C26H47N7O7S/c1-15(2)13-16(28)22(35)31-18(7-4-5-10-27)25(38)33-11-6-8-20(33)24(37)30-17(9-12-41-3)23(36)32-19(26(39)40)14-21(29)34/h15-20H,4-14,27-28H2,1-3H3,(H2,29,34)(H,30,37)(H,31,35)(H,32,36)(H,39,40)/t16-,17-,18-,19-,20-/m0/s1. The third-order valence-electron chi connectivity index (χ3n) is 6.73. The second kappa shape index (κ2) is 18.5. The number of aliphatic carboxylic acids is 1. The number of primary amides is 1. The Labute approximate surface area is 245 Å². The number of carboxylic acids is 1. The van der Waals surface area contributed by atoms with E-state index in [2.05, 4.69) is 16.0 Å². The average molecular weight is 602 g/mol. The Balaban J connectivity index is 3.05. The van der Waals surface area contributed by atoms with E-state index in [9.17, 15) is 33.9 Å². The van der Waals surface area contributed by atoms with E-state index < -0.39 is 72.1 Å². The maximum absolute atomic E-state index is 13.6. The number of rotatable bonds is 19. The minimum Gasteiger partial charge on any atom is -0.480 e. The molecule has 1 fully saturated rings. The topological polar surface area (TPSA) is 240 Å². The Bertz CT molecular complexity index is 921. The maximum atomic E-state index is 13.6. The number of hydrogen-bond acceptors (Lipinski definition) is 9. The Morgan fingerprint density at radius 3 is 2.20 bits per heavy atom. The number of thioether (sulfide) groups is 1. The summed E-state index contributed by atoms with van der Waals surface area (Å²) >= 11 is 1.43. The molecule has 10 N–H and O–H groups in total. The molecule has 0 aliphatic carbocycles. The zero-order valence-electron chi connectivity index (χ0n) is 24.2. The van der Waals surface area contributed by atoms with Crippen LogP contribution in [0.15, 0.2) is 0 Å². The number of nitrogens with two attached hydrogens (primary N) is 3. The van der Waals surface area contributed by atoms with Gasteiger partial charge in [0.05, 0.1) is 12.5 Å². The first kappa shape index (κ1) is 36.1. The smallest absolute Gasteiger partial charge is 0.326 e. The molecule has 1 heterocycles. The van der Waals surface area contributed by atoms with E-state index >= 15 is 0 Å². The van der Waals surface area contributed by atoms with Gasteiger partial charge in [0, 0.05) is 6.54 Å². The van der Waals surface area contributed by atoms with Crippen LogP contribution in [0.3, 0.4) is 0 Å². The van der Waals surface area contributed by atoms with Crippen LogP contribution in [0.4, 0.5) is 0 Å². The normalized spacial score (nSPS) is 17.8. The number of carbonyl (C=O) groups excluding carboxylic acids is 5. The Morgan fingerprint density at radius 1 is 0.976 bits per heavy atom.